The lowest BCUT2D eigenvalue weighted by molar-refractivity contribution is -0.0641. The molecule has 1 heterocycles. The van der Waals surface area contributed by atoms with E-state index in [4.69, 9.17) is 0 Å². The third kappa shape index (κ3) is 2.68. The van der Waals surface area contributed by atoms with E-state index < -0.39 is 11.8 Å². The van der Waals surface area contributed by atoms with Crippen molar-refractivity contribution in [2.75, 3.05) is 13.1 Å². The first-order valence-corrected chi connectivity index (χ1v) is 5.85. The minimum Gasteiger partial charge on any atom is -0.298 e. The molecule has 0 N–H and O–H groups in total. The van der Waals surface area contributed by atoms with E-state index in [-0.39, 0.29) is 5.54 Å². The highest BCUT2D eigenvalue weighted by Gasteiger charge is 2.42. The predicted octanol–water partition coefficient (Wildman–Crippen LogP) is 3.54. The van der Waals surface area contributed by atoms with Crippen molar-refractivity contribution < 1.29 is 8.78 Å². The van der Waals surface area contributed by atoms with Gasteiger partial charge in [-0.3, -0.25) is 4.90 Å². The van der Waals surface area contributed by atoms with Crippen LogP contribution >= 0.6 is 0 Å². The molecule has 0 aromatic rings. The number of halogens is 2. The van der Waals surface area contributed by atoms with E-state index in [0.29, 0.717) is 19.3 Å². The zero-order valence-electron chi connectivity index (χ0n) is 10.3. The van der Waals surface area contributed by atoms with Crippen LogP contribution in [0, 0.1) is 5.41 Å². The largest absolute Gasteiger partial charge is 0.298 e. The molecule has 0 amide bonds. The summed E-state index contributed by atoms with van der Waals surface area (Å²) in [7, 11) is 0. The van der Waals surface area contributed by atoms with E-state index in [2.05, 4.69) is 25.7 Å². The first kappa shape index (κ1) is 12.9. The Labute approximate surface area is 91.8 Å². The Kier molecular flexibility index (Phi) is 3.75. The molecule has 3 heteroatoms. The lowest BCUT2D eigenvalue weighted by atomic mass is 9.75. The highest BCUT2D eigenvalue weighted by Crippen LogP contribution is 2.41. The number of rotatable bonds is 2. The summed E-state index contributed by atoms with van der Waals surface area (Å²) in [5.74, 6) is 0. The van der Waals surface area contributed by atoms with Crippen LogP contribution in [0.25, 0.3) is 0 Å². The van der Waals surface area contributed by atoms with Crippen LogP contribution in [0.15, 0.2) is 0 Å². The molecular formula is C12H23F2N. The fourth-order valence-electron chi connectivity index (χ4n) is 2.35. The van der Waals surface area contributed by atoms with Crippen molar-refractivity contribution >= 4 is 0 Å². The summed E-state index contributed by atoms with van der Waals surface area (Å²) in [6, 6.07) is 0. The molecule has 0 aromatic heterocycles. The number of likely N-dealkylation sites (tertiary alicyclic amines) is 1. The first-order chi connectivity index (χ1) is 6.82. The standard InChI is InChI=1S/C12H23F2N/c1-5-12(10(13)14)6-8-15(9-7-12)11(2,3)4/h10H,5-9H2,1-4H3. The third-order valence-electron chi connectivity index (χ3n) is 3.87. The van der Waals surface area contributed by atoms with E-state index in [9.17, 15) is 8.78 Å². The van der Waals surface area contributed by atoms with Gasteiger partial charge in [0.25, 0.3) is 0 Å². The second-order valence-corrected chi connectivity index (χ2v) is 5.67. The summed E-state index contributed by atoms with van der Waals surface area (Å²) in [5.41, 5.74) is -0.593. The molecular weight excluding hydrogens is 196 g/mol. The molecule has 0 bridgehead atoms. The Bertz CT molecular complexity index is 200. The maximum atomic E-state index is 13.0. The number of nitrogens with zero attached hydrogens (tertiary/aromatic N) is 1. The Morgan fingerprint density at radius 3 is 1.93 bits per heavy atom. The molecule has 1 aliphatic heterocycles. The minimum absolute atomic E-state index is 0.113. The average Bonchev–Trinajstić information content (AvgIpc) is 2.16. The van der Waals surface area contributed by atoms with Crippen molar-refractivity contribution in [3.8, 4) is 0 Å². The Morgan fingerprint density at radius 2 is 1.67 bits per heavy atom. The average molecular weight is 219 g/mol. The van der Waals surface area contributed by atoms with Gasteiger partial charge >= 0.3 is 0 Å². The lowest BCUT2D eigenvalue weighted by Gasteiger charge is -2.46. The van der Waals surface area contributed by atoms with Gasteiger partial charge in [-0.1, -0.05) is 6.92 Å². The molecule has 0 saturated carbocycles. The second kappa shape index (κ2) is 4.36. The van der Waals surface area contributed by atoms with Gasteiger partial charge in [0.2, 0.25) is 6.43 Å². The molecule has 0 atom stereocenters. The van der Waals surface area contributed by atoms with Gasteiger partial charge in [0, 0.05) is 11.0 Å². The van der Waals surface area contributed by atoms with Crippen LogP contribution in [0.2, 0.25) is 0 Å². The summed E-state index contributed by atoms with van der Waals surface area (Å²) in [6.07, 6.45) is -0.288. The van der Waals surface area contributed by atoms with Crippen molar-refractivity contribution in [3.05, 3.63) is 0 Å². The summed E-state index contributed by atoms with van der Waals surface area (Å²) >= 11 is 0. The summed E-state index contributed by atoms with van der Waals surface area (Å²) in [6.45, 7) is 9.94. The van der Waals surface area contributed by atoms with Crippen LogP contribution in [0.1, 0.15) is 47.0 Å². The van der Waals surface area contributed by atoms with Gasteiger partial charge in [0.1, 0.15) is 0 Å². The smallest absolute Gasteiger partial charge is 0.244 e. The Morgan fingerprint density at radius 1 is 1.20 bits per heavy atom. The first-order valence-electron chi connectivity index (χ1n) is 5.85. The van der Waals surface area contributed by atoms with Gasteiger partial charge < -0.3 is 0 Å². The van der Waals surface area contributed by atoms with Crippen LogP contribution in [0.4, 0.5) is 8.78 Å². The predicted molar refractivity (Wildman–Crippen MR) is 59.3 cm³/mol. The number of alkyl halides is 2. The molecule has 0 aromatic carbocycles. The highest BCUT2D eigenvalue weighted by atomic mass is 19.3. The molecule has 90 valence electrons. The van der Waals surface area contributed by atoms with E-state index in [0.717, 1.165) is 13.1 Å². The normalized spacial score (nSPS) is 23.4. The SMILES string of the molecule is CCC1(C(F)F)CCN(C(C)(C)C)CC1. The number of piperidine rings is 1. The van der Waals surface area contributed by atoms with Crippen molar-refractivity contribution in [2.24, 2.45) is 5.41 Å². The highest BCUT2D eigenvalue weighted by molar-refractivity contribution is 4.90. The fourth-order valence-corrected chi connectivity index (χ4v) is 2.35. The van der Waals surface area contributed by atoms with E-state index in [1.807, 2.05) is 6.92 Å². The van der Waals surface area contributed by atoms with Gasteiger partial charge in [0.15, 0.2) is 0 Å². The second-order valence-electron chi connectivity index (χ2n) is 5.67. The van der Waals surface area contributed by atoms with Crippen molar-refractivity contribution in [1.82, 2.24) is 4.90 Å². The Hall–Kier alpha value is -0.180. The molecule has 1 rings (SSSR count). The molecule has 15 heavy (non-hydrogen) atoms. The molecule has 1 saturated heterocycles. The number of hydrogen-bond acceptors (Lipinski definition) is 1. The van der Waals surface area contributed by atoms with E-state index in [1.54, 1.807) is 0 Å². The molecule has 0 radical (unpaired) electrons. The van der Waals surface area contributed by atoms with Crippen molar-refractivity contribution in [2.45, 2.75) is 58.9 Å². The van der Waals surface area contributed by atoms with Gasteiger partial charge in [-0.25, -0.2) is 8.78 Å². The zero-order chi connectivity index (χ0) is 11.7. The fraction of sp³-hybridized carbons (Fsp3) is 1.00. The number of hydrogen-bond donors (Lipinski definition) is 0. The van der Waals surface area contributed by atoms with Crippen LogP contribution < -0.4 is 0 Å². The monoisotopic (exact) mass is 219 g/mol. The zero-order valence-corrected chi connectivity index (χ0v) is 10.3. The van der Waals surface area contributed by atoms with Gasteiger partial charge in [-0.05, 0) is 53.1 Å². The molecule has 0 spiro atoms. The topological polar surface area (TPSA) is 3.24 Å². The van der Waals surface area contributed by atoms with Crippen LogP contribution in [-0.4, -0.2) is 30.0 Å². The molecule has 1 fully saturated rings. The summed E-state index contributed by atoms with van der Waals surface area (Å²) < 4.78 is 26.0. The van der Waals surface area contributed by atoms with Gasteiger partial charge in [-0.2, -0.15) is 0 Å². The van der Waals surface area contributed by atoms with Gasteiger partial charge in [-0.15, -0.1) is 0 Å². The van der Waals surface area contributed by atoms with Crippen molar-refractivity contribution in [1.29, 1.82) is 0 Å². The van der Waals surface area contributed by atoms with Crippen LogP contribution in [0.3, 0.4) is 0 Å². The van der Waals surface area contributed by atoms with Crippen molar-refractivity contribution in [3.63, 3.8) is 0 Å². The van der Waals surface area contributed by atoms with E-state index >= 15 is 0 Å². The maximum absolute atomic E-state index is 13.0. The third-order valence-corrected chi connectivity index (χ3v) is 3.87. The summed E-state index contributed by atoms with van der Waals surface area (Å²) in [5, 5.41) is 0. The van der Waals surface area contributed by atoms with Gasteiger partial charge in [0.05, 0.1) is 0 Å². The van der Waals surface area contributed by atoms with E-state index in [1.165, 1.54) is 0 Å². The maximum Gasteiger partial charge on any atom is 0.244 e. The molecule has 1 aliphatic rings. The van der Waals surface area contributed by atoms with Crippen LogP contribution in [0.5, 0.6) is 0 Å². The van der Waals surface area contributed by atoms with Crippen LogP contribution in [-0.2, 0) is 0 Å². The lowest BCUT2D eigenvalue weighted by Crippen LogP contribution is -2.50. The quantitative estimate of drug-likeness (QED) is 0.686. The molecule has 1 nitrogen and oxygen atoms in total. The minimum atomic E-state index is -2.16. The summed E-state index contributed by atoms with van der Waals surface area (Å²) in [4.78, 5) is 2.31. The molecule has 0 aliphatic carbocycles. The Balaban J connectivity index is 2.61. The molecule has 0 unspecified atom stereocenters.